The van der Waals surface area contributed by atoms with E-state index in [1.165, 1.54) is 12.1 Å². The lowest BCUT2D eigenvalue weighted by atomic mass is 10.3. The zero-order chi connectivity index (χ0) is 16.7. The van der Waals surface area contributed by atoms with Crippen LogP contribution in [0.3, 0.4) is 0 Å². The van der Waals surface area contributed by atoms with Gasteiger partial charge in [0.1, 0.15) is 5.75 Å². The van der Waals surface area contributed by atoms with E-state index in [4.69, 9.17) is 16.3 Å². The molecule has 0 aliphatic rings. The summed E-state index contributed by atoms with van der Waals surface area (Å²) in [5.41, 5.74) is 0.552. The number of carbonyl (C=O) groups is 1. The lowest BCUT2D eigenvalue weighted by molar-refractivity contribution is -0.116. The minimum absolute atomic E-state index is 0.167. The molecule has 3 nitrogen and oxygen atoms in total. The predicted octanol–water partition coefficient (Wildman–Crippen LogP) is 5.06. The molecule has 0 saturated heterocycles. The minimum Gasteiger partial charge on any atom is -0.493 e. The molecular weight excluding hydrogens is 344 g/mol. The first-order chi connectivity index (χ1) is 11.0. The van der Waals surface area contributed by atoms with E-state index in [0.717, 1.165) is 0 Å². The molecule has 0 aliphatic carbocycles. The number of alkyl halides is 2. The zero-order valence-electron chi connectivity index (χ0n) is 12.0. The maximum atomic E-state index is 12.2. The Morgan fingerprint density at radius 1 is 1.22 bits per heavy atom. The molecule has 0 aliphatic heterocycles. The largest absolute Gasteiger partial charge is 0.493 e. The summed E-state index contributed by atoms with van der Waals surface area (Å²) < 4.78 is 29.8. The van der Waals surface area contributed by atoms with Gasteiger partial charge in [-0.15, -0.1) is 0 Å². The predicted molar refractivity (Wildman–Crippen MR) is 88.5 cm³/mol. The first-order valence-electron chi connectivity index (χ1n) is 6.76. The van der Waals surface area contributed by atoms with Crippen molar-refractivity contribution in [2.24, 2.45) is 0 Å². The van der Waals surface area contributed by atoms with Crippen molar-refractivity contribution in [1.29, 1.82) is 0 Å². The number of anilines is 1. The van der Waals surface area contributed by atoms with Crippen LogP contribution in [0.2, 0.25) is 5.02 Å². The minimum atomic E-state index is -2.46. The highest BCUT2D eigenvalue weighted by Crippen LogP contribution is 2.26. The summed E-state index contributed by atoms with van der Waals surface area (Å²) in [5, 5.41) is 3.24. The first kappa shape index (κ1) is 17.6. The molecule has 23 heavy (non-hydrogen) atoms. The van der Waals surface area contributed by atoms with Crippen LogP contribution < -0.4 is 10.1 Å². The number of halogens is 3. The summed E-state index contributed by atoms with van der Waals surface area (Å²) in [7, 11) is 0. The quantitative estimate of drug-likeness (QED) is 0.704. The molecule has 2 aromatic carbocycles. The highest BCUT2D eigenvalue weighted by Gasteiger charge is 2.06. The fourth-order valence-corrected chi connectivity index (χ4v) is 2.44. The topological polar surface area (TPSA) is 38.3 Å². The molecule has 0 radical (unpaired) electrons. The summed E-state index contributed by atoms with van der Waals surface area (Å²) in [5.74, 6) is -2.08. The number of hydrogen-bond acceptors (Lipinski definition) is 3. The Kier molecular flexibility index (Phi) is 6.67. The van der Waals surface area contributed by atoms with Gasteiger partial charge in [0.25, 0.3) is 5.76 Å². The number of amides is 1. The second-order valence-electron chi connectivity index (χ2n) is 4.51. The Morgan fingerprint density at radius 2 is 1.96 bits per heavy atom. The fourth-order valence-electron chi connectivity index (χ4n) is 1.76. The molecule has 0 unspecified atom stereocenters. The number of rotatable bonds is 7. The third kappa shape index (κ3) is 6.46. The van der Waals surface area contributed by atoms with Crippen molar-refractivity contribution in [2.45, 2.75) is 17.1 Å². The van der Waals surface area contributed by atoms with E-state index < -0.39 is 5.76 Å². The second-order valence-corrected chi connectivity index (χ2v) is 6.01. The van der Waals surface area contributed by atoms with Crippen LogP contribution in [0, 0.1) is 0 Å². The number of nitrogens with one attached hydrogen (secondary N) is 1. The van der Waals surface area contributed by atoms with E-state index in [1.807, 2.05) is 0 Å². The van der Waals surface area contributed by atoms with Gasteiger partial charge in [-0.05, 0) is 42.5 Å². The summed E-state index contributed by atoms with van der Waals surface area (Å²) >= 11 is 6.29. The van der Waals surface area contributed by atoms with Crippen LogP contribution in [-0.4, -0.2) is 18.3 Å². The normalized spacial score (nSPS) is 10.6. The molecule has 7 heteroatoms. The summed E-state index contributed by atoms with van der Waals surface area (Å²) in [4.78, 5) is 12.2. The molecule has 0 heterocycles. The van der Waals surface area contributed by atoms with E-state index in [2.05, 4.69) is 5.32 Å². The van der Waals surface area contributed by atoms with Crippen molar-refractivity contribution < 1.29 is 18.3 Å². The van der Waals surface area contributed by atoms with Gasteiger partial charge in [0.05, 0.1) is 13.0 Å². The van der Waals surface area contributed by atoms with Crippen molar-refractivity contribution in [3.05, 3.63) is 53.6 Å². The van der Waals surface area contributed by atoms with Gasteiger partial charge in [-0.25, -0.2) is 0 Å². The highest BCUT2D eigenvalue weighted by atomic mass is 35.5. The lowest BCUT2D eigenvalue weighted by Gasteiger charge is -2.08. The standard InChI is InChI=1S/C16H14ClF2NO2S/c17-11-2-1-3-13(10-11)22-9-8-15(21)20-12-4-6-14(7-5-12)23-16(18)19/h1-7,10,16H,8-9H2,(H,20,21). The van der Waals surface area contributed by atoms with Gasteiger partial charge < -0.3 is 10.1 Å². The monoisotopic (exact) mass is 357 g/mol. The van der Waals surface area contributed by atoms with Gasteiger partial charge >= 0.3 is 0 Å². The van der Waals surface area contributed by atoms with E-state index in [-0.39, 0.29) is 18.9 Å². The third-order valence-electron chi connectivity index (χ3n) is 2.76. The summed E-state index contributed by atoms with van der Waals surface area (Å²) in [6, 6.07) is 13.2. The highest BCUT2D eigenvalue weighted by molar-refractivity contribution is 7.99. The van der Waals surface area contributed by atoms with E-state index in [1.54, 1.807) is 36.4 Å². The van der Waals surface area contributed by atoms with Crippen molar-refractivity contribution in [3.8, 4) is 5.75 Å². The Hall–Kier alpha value is -1.79. The molecule has 0 fully saturated rings. The molecule has 1 N–H and O–H groups in total. The molecule has 0 spiro atoms. The number of benzene rings is 2. The average molecular weight is 358 g/mol. The van der Waals surface area contributed by atoms with Crippen molar-refractivity contribution in [1.82, 2.24) is 0 Å². The molecule has 2 rings (SSSR count). The van der Waals surface area contributed by atoms with E-state index >= 15 is 0 Å². The van der Waals surface area contributed by atoms with Gasteiger partial charge in [0, 0.05) is 15.6 Å². The molecule has 0 atom stereocenters. The van der Waals surface area contributed by atoms with Crippen LogP contribution in [0.1, 0.15) is 6.42 Å². The molecule has 122 valence electrons. The van der Waals surface area contributed by atoms with Crippen LogP contribution >= 0.6 is 23.4 Å². The third-order valence-corrected chi connectivity index (χ3v) is 3.71. The van der Waals surface area contributed by atoms with Crippen LogP contribution in [0.5, 0.6) is 5.75 Å². The van der Waals surface area contributed by atoms with Gasteiger partial charge in [0.15, 0.2) is 0 Å². The summed E-state index contributed by atoms with van der Waals surface area (Å²) in [6.07, 6.45) is 0.167. The van der Waals surface area contributed by atoms with Gasteiger partial charge in [0.2, 0.25) is 5.91 Å². The molecule has 1 amide bonds. The number of carbonyl (C=O) groups excluding carboxylic acids is 1. The van der Waals surface area contributed by atoms with Crippen LogP contribution in [0.15, 0.2) is 53.4 Å². The Labute approximate surface area is 142 Å². The van der Waals surface area contributed by atoms with E-state index in [0.29, 0.717) is 33.1 Å². The molecule has 0 bridgehead atoms. The van der Waals surface area contributed by atoms with Crippen molar-refractivity contribution in [3.63, 3.8) is 0 Å². The Balaban J connectivity index is 1.76. The zero-order valence-corrected chi connectivity index (χ0v) is 13.5. The molecule has 0 aromatic heterocycles. The van der Waals surface area contributed by atoms with Crippen molar-refractivity contribution in [2.75, 3.05) is 11.9 Å². The van der Waals surface area contributed by atoms with Gasteiger partial charge in [-0.3, -0.25) is 4.79 Å². The molecular formula is C16H14ClF2NO2S. The lowest BCUT2D eigenvalue weighted by Crippen LogP contribution is -2.15. The van der Waals surface area contributed by atoms with Gasteiger partial charge in [-0.2, -0.15) is 8.78 Å². The number of hydrogen-bond donors (Lipinski definition) is 1. The SMILES string of the molecule is O=C(CCOc1cccc(Cl)c1)Nc1ccc(SC(F)F)cc1. The van der Waals surface area contributed by atoms with Crippen LogP contribution in [0.25, 0.3) is 0 Å². The Bertz CT molecular complexity index is 653. The first-order valence-corrected chi connectivity index (χ1v) is 8.02. The maximum absolute atomic E-state index is 12.2. The molecule has 2 aromatic rings. The van der Waals surface area contributed by atoms with E-state index in [9.17, 15) is 13.6 Å². The van der Waals surface area contributed by atoms with Crippen LogP contribution in [0.4, 0.5) is 14.5 Å². The number of thioether (sulfide) groups is 1. The van der Waals surface area contributed by atoms with Crippen molar-refractivity contribution >= 4 is 35.0 Å². The maximum Gasteiger partial charge on any atom is 0.288 e. The number of ether oxygens (including phenoxy) is 1. The van der Waals surface area contributed by atoms with Crippen LogP contribution in [-0.2, 0) is 4.79 Å². The average Bonchev–Trinajstić information content (AvgIpc) is 2.49. The van der Waals surface area contributed by atoms with Gasteiger partial charge in [-0.1, -0.05) is 29.4 Å². The fraction of sp³-hybridized carbons (Fsp3) is 0.188. The summed E-state index contributed by atoms with van der Waals surface area (Å²) in [6.45, 7) is 0.214. The Morgan fingerprint density at radius 3 is 2.61 bits per heavy atom. The second kappa shape index (κ2) is 8.74. The smallest absolute Gasteiger partial charge is 0.288 e. The molecule has 0 saturated carbocycles.